The van der Waals surface area contributed by atoms with Crippen LogP contribution in [0, 0.1) is 0 Å². The van der Waals surface area contributed by atoms with Gasteiger partial charge in [-0.1, -0.05) is 26.2 Å². The van der Waals surface area contributed by atoms with Crippen LogP contribution in [-0.4, -0.2) is 57.8 Å². The van der Waals surface area contributed by atoms with Crippen LogP contribution < -0.4 is 15.2 Å². The van der Waals surface area contributed by atoms with Crippen LogP contribution in [0.1, 0.15) is 51.9 Å². The Hall–Kier alpha value is -2.09. The Balaban J connectivity index is 1.73. The van der Waals surface area contributed by atoms with Gasteiger partial charge in [0.25, 0.3) is 6.01 Å². The van der Waals surface area contributed by atoms with Gasteiger partial charge in [-0.2, -0.15) is 15.0 Å². The van der Waals surface area contributed by atoms with Crippen LogP contribution in [0.15, 0.2) is 0 Å². The Bertz CT molecular complexity index is 725. The number of ether oxygens (including phenoxy) is 2. The molecule has 0 unspecified atom stereocenters. The molecule has 1 aliphatic rings. The zero-order chi connectivity index (χ0) is 19.1. The fourth-order valence-electron chi connectivity index (χ4n) is 3.52. The minimum absolute atomic E-state index is 0.310. The van der Waals surface area contributed by atoms with Crippen LogP contribution in [0.3, 0.4) is 0 Å². The summed E-state index contributed by atoms with van der Waals surface area (Å²) in [7, 11) is 1.62. The van der Waals surface area contributed by atoms with Crippen molar-refractivity contribution in [3.63, 3.8) is 0 Å². The molecule has 0 bridgehead atoms. The third kappa shape index (κ3) is 5.00. The van der Waals surface area contributed by atoms with Crippen molar-refractivity contribution in [2.24, 2.45) is 0 Å². The first-order valence-corrected chi connectivity index (χ1v) is 10.2. The van der Waals surface area contributed by atoms with Crippen molar-refractivity contribution in [1.29, 1.82) is 0 Å². The lowest BCUT2D eigenvalue weighted by Crippen LogP contribution is -2.26. The lowest BCUT2D eigenvalue weighted by Gasteiger charge is -2.19. The van der Waals surface area contributed by atoms with Gasteiger partial charge in [0.1, 0.15) is 0 Å². The fourth-order valence-corrected chi connectivity index (χ4v) is 3.52. The van der Waals surface area contributed by atoms with Gasteiger partial charge in [0, 0.05) is 6.54 Å². The Labute approximate surface area is 161 Å². The first-order chi connectivity index (χ1) is 13.2. The number of aromatic nitrogens is 4. The van der Waals surface area contributed by atoms with Gasteiger partial charge in [-0.15, -0.1) is 0 Å². The molecule has 0 aromatic carbocycles. The molecule has 8 nitrogen and oxygen atoms in total. The van der Waals surface area contributed by atoms with Crippen molar-refractivity contribution < 1.29 is 9.47 Å². The van der Waals surface area contributed by atoms with Gasteiger partial charge in [-0.25, -0.2) is 0 Å². The largest absolute Gasteiger partial charge is 0.468 e. The van der Waals surface area contributed by atoms with Gasteiger partial charge in [-0.05, 0) is 45.3 Å². The Morgan fingerprint density at radius 2 is 1.78 bits per heavy atom. The first-order valence-electron chi connectivity index (χ1n) is 10.2. The molecule has 1 saturated heterocycles. The number of likely N-dealkylation sites (tertiary alicyclic amines) is 1. The quantitative estimate of drug-likeness (QED) is 0.673. The maximum absolute atomic E-state index is 6.09. The number of nitrogen functional groups attached to an aromatic ring is 1. The molecule has 2 N–H and O–H groups in total. The van der Waals surface area contributed by atoms with E-state index in [1.165, 1.54) is 38.8 Å². The summed E-state index contributed by atoms with van der Waals surface area (Å²) in [5.41, 5.74) is 7.35. The number of hydrogen-bond acceptors (Lipinski definition) is 7. The first kappa shape index (κ1) is 19.7. The minimum atomic E-state index is 0.310. The summed E-state index contributed by atoms with van der Waals surface area (Å²) in [6, 6.07) is 0.831. The third-order valence-electron chi connectivity index (χ3n) is 5.03. The van der Waals surface area contributed by atoms with Gasteiger partial charge >= 0.3 is 6.01 Å². The molecule has 2 aromatic heterocycles. The molecule has 3 heterocycles. The summed E-state index contributed by atoms with van der Waals surface area (Å²) in [4.78, 5) is 15.8. The summed E-state index contributed by atoms with van der Waals surface area (Å²) < 4.78 is 13.1. The number of hydrogen-bond donors (Lipinski definition) is 1. The molecule has 0 aliphatic carbocycles. The van der Waals surface area contributed by atoms with Crippen molar-refractivity contribution in [2.45, 2.75) is 58.4 Å². The number of fused-ring (bicyclic) bond motifs is 1. The van der Waals surface area contributed by atoms with E-state index in [-0.39, 0.29) is 0 Å². The van der Waals surface area contributed by atoms with E-state index in [2.05, 4.69) is 26.8 Å². The molecule has 1 fully saturated rings. The highest BCUT2D eigenvalue weighted by atomic mass is 16.5. The summed E-state index contributed by atoms with van der Waals surface area (Å²) in [6.07, 6.45) is 8.34. The molecular weight excluding hydrogens is 344 g/mol. The van der Waals surface area contributed by atoms with E-state index in [1.54, 1.807) is 7.11 Å². The highest BCUT2D eigenvalue weighted by molar-refractivity contribution is 5.83. The van der Waals surface area contributed by atoms with E-state index in [0.29, 0.717) is 35.6 Å². The molecule has 2 aromatic rings. The minimum Gasteiger partial charge on any atom is -0.468 e. The lowest BCUT2D eigenvalue weighted by molar-refractivity contribution is 0.272. The smallest absolute Gasteiger partial charge is 0.320 e. The molecule has 0 atom stereocenters. The van der Waals surface area contributed by atoms with Crippen LogP contribution in [-0.2, 0) is 6.54 Å². The second kappa shape index (κ2) is 9.73. The van der Waals surface area contributed by atoms with E-state index >= 15 is 0 Å². The maximum atomic E-state index is 6.09. The third-order valence-corrected chi connectivity index (χ3v) is 5.03. The average molecular weight is 377 g/mol. The molecule has 150 valence electrons. The monoisotopic (exact) mass is 376 g/mol. The van der Waals surface area contributed by atoms with Gasteiger partial charge in [0.2, 0.25) is 0 Å². The van der Waals surface area contributed by atoms with Crippen molar-refractivity contribution in [3.8, 4) is 12.0 Å². The Morgan fingerprint density at radius 1 is 1.00 bits per heavy atom. The van der Waals surface area contributed by atoms with E-state index in [9.17, 15) is 0 Å². The van der Waals surface area contributed by atoms with Gasteiger partial charge in [0.15, 0.2) is 17.0 Å². The Kier molecular flexibility index (Phi) is 7.09. The van der Waals surface area contributed by atoms with Crippen molar-refractivity contribution in [1.82, 2.24) is 24.4 Å². The second-order valence-corrected chi connectivity index (χ2v) is 7.13. The highest BCUT2D eigenvalue weighted by Crippen LogP contribution is 2.25. The van der Waals surface area contributed by atoms with Gasteiger partial charge < -0.3 is 20.1 Å². The number of unbranched alkanes of at least 4 members (excludes halogenated alkanes) is 1. The van der Waals surface area contributed by atoms with E-state index < -0.39 is 0 Å². The van der Waals surface area contributed by atoms with Crippen LogP contribution in [0.4, 0.5) is 5.82 Å². The maximum Gasteiger partial charge on any atom is 0.320 e. The summed E-state index contributed by atoms with van der Waals surface area (Å²) in [5, 5.41) is 0. The molecule has 0 amide bonds. The average Bonchev–Trinajstić information content (AvgIpc) is 2.83. The number of anilines is 1. The SMILES string of the molecule is CCCCOc1nc(N)c2nc(OC)n(CCCN3CCCCCC3)c2n1. The summed E-state index contributed by atoms with van der Waals surface area (Å²) >= 11 is 0. The molecule has 0 saturated carbocycles. The molecule has 3 rings (SSSR count). The predicted octanol–water partition coefficient (Wildman–Crippen LogP) is 2.86. The van der Waals surface area contributed by atoms with E-state index in [0.717, 1.165) is 32.4 Å². The topological polar surface area (TPSA) is 91.3 Å². The number of nitrogens with zero attached hydrogens (tertiary/aromatic N) is 5. The predicted molar refractivity (Wildman–Crippen MR) is 106 cm³/mol. The van der Waals surface area contributed by atoms with E-state index in [1.807, 2.05) is 4.57 Å². The van der Waals surface area contributed by atoms with Crippen LogP contribution >= 0.6 is 0 Å². The molecular formula is C19H32N6O2. The highest BCUT2D eigenvalue weighted by Gasteiger charge is 2.18. The Morgan fingerprint density at radius 3 is 2.48 bits per heavy atom. The summed E-state index contributed by atoms with van der Waals surface area (Å²) in [6.45, 7) is 6.96. The van der Waals surface area contributed by atoms with Crippen molar-refractivity contribution in [2.75, 3.05) is 39.1 Å². The van der Waals surface area contributed by atoms with Crippen molar-refractivity contribution >= 4 is 17.0 Å². The second-order valence-electron chi connectivity index (χ2n) is 7.13. The molecule has 27 heavy (non-hydrogen) atoms. The van der Waals surface area contributed by atoms with Crippen LogP contribution in [0.5, 0.6) is 12.0 Å². The van der Waals surface area contributed by atoms with Crippen molar-refractivity contribution in [3.05, 3.63) is 0 Å². The number of methoxy groups -OCH3 is 1. The number of imidazole rings is 1. The van der Waals surface area contributed by atoms with Crippen LogP contribution in [0.2, 0.25) is 0 Å². The molecule has 0 radical (unpaired) electrons. The summed E-state index contributed by atoms with van der Waals surface area (Å²) in [5.74, 6) is 0.330. The number of nitrogens with two attached hydrogens (primary N) is 1. The fraction of sp³-hybridized carbons (Fsp3) is 0.737. The zero-order valence-electron chi connectivity index (χ0n) is 16.6. The zero-order valence-corrected chi connectivity index (χ0v) is 16.6. The molecule has 1 aliphatic heterocycles. The standard InChI is InChI=1S/C19H32N6O2/c1-3-4-14-27-18-22-16(20)15-17(23-18)25(19(21-15)26-2)13-9-12-24-10-7-5-6-8-11-24/h3-14H2,1-2H3,(H2,20,22,23). The number of rotatable bonds is 9. The normalized spacial score (nSPS) is 15.8. The van der Waals surface area contributed by atoms with Crippen LogP contribution in [0.25, 0.3) is 11.2 Å². The molecule has 0 spiro atoms. The van der Waals surface area contributed by atoms with E-state index in [4.69, 9.17) is 15.2 Å². The van der Waals surface area contributed by atoms with Gasteiger partial charge in [0.05, 0.1) is 13.7 Å². The molecule has 8 heteroatoms. The van der Waals surface area contributed by atoms with Gasteiger partial charge in [-0.3, -0.25) is 4.57 Å². The lowest BCUT2D eigenvalue weighted by atomic mass is 10.2. The number of aryl methyl sites for hydroxylation is 1.